The lowest BCUT2D eigenvalue weighted by molar-refractivity contribution is 0.563. The van der Waals surface area contributed by atoms with Gasteiger partial charge >= 0.3 is 0 Å². The van der Waals surface area contributed by atoms with Gasteiger partial charge in [0.25, 0.3) is 0 Å². The Morgan fingerprint density at radius 1 is 1.33 bits per heavy atom. The van der Waals surface area contributed by atoms with Crippen molar-refractivity contribution in [3.8, 4) is 5.82 Å². The van der Waals surface area contributed by atoms with Crippen LogP contribution in [0.2, 0.25) is 0 Å². The third kappa shape index (κ3) is 3.71. The highest BCUT2D eigenvalue weighted by Crippen LogP contribution is 2.24. The molecule has 112 valence electrons. The van der Waals surface area contributed by atoms with Crippen molar-refractivity contribution in [1.82, 2.24) is 20.1 Å². The molecule has 3 rings (SSSR count). The Labute approximate surface area is 134 Å². The maximum Gasteiger partial charge on any atom is 0.153 e. The topological polar surface area (TPSA) is 42.7 Å². The monoisotopic (exact) mass is 348 g/mol. The molecule has 2 heterocycles. The van der Waals surface area contributed by atoms with Crippen LogP contribution in [0.1, 0.15) is 44.9 Å². The number of rotatable bonds is 4. The van der Waals surface area contributed by atoms with Crippen LogP contribution in [0.5, 0.6) is 0 Å². The van der Waals surface area contributed by atoms with Crippen LogP contribution in [-0.2, 0) is 12.0 Å². The number of nitrogens with zero attached hydrogens (tertiary/aromatic N) is 3. The molecule has 0 spiro atoms. The summed E-state index contributed by atoms with van der Waals surface area (Å²) in [7, 11) is 0. The molecular weight excluding hydrogens is 328 g/mol. The molecular formula is C16H21BrN4. The maximum absolute atomic E-state index is 4.78. The number of halogens is 1. The van der Waals surface area contributed by atoms with Gasteiger partial charge in [0.1, 0.15) is 0 Å². The van der Waals surface area contributed by atoms with E-state index in [2.05, 4.69) is 59.2 Å². The zero-order chi connectivity index (χ0) is 15.0. The SMILES string of the molecule is CC(C)(C)c1cc(CNC2CC2)cc(-n2cc(Br)cn2)n1. The van der Waals surface area contributed by atoms with Crippen LogP contribution < -0.4 is 5.32 Å². The molecule has 1 saturated carbocycles. The van der Waals surface area contributed by atoms with E-state index in [1.165, 1.54) is 18.4 Å². The van der Waals surface area contributed by atoms with Crippen molar-refractivity contribution in [3.05, 3.63) is 40.3 Å². The van der Waals surface area contributed by atoms with E-state index in [1.807, 2.05) is 10.9 Å². The summed E-state index contributed by atoms with van der Waals surface area (Å²) < 4.78 is 2.78. The van der Waals surface area contributed by atoms with Crippen molar-refractivity contribution in [1.29, 1.82) is 0 Å². The van der Waals surface area contributed by atoms with Crippen molar-refractivity contribution < 1.29 is 0 Å². The van der Waals surface area contributed by atoms with E-state index in [4.69, 9.17) is 4.98 Å². The molecule has 5 heteroatoms. The van der Waals surface area contributed by atoms with E-state index in [9.17, 15) is 0 Å². The number of nitrogens with one attached hydrogen (secondary N) is 1. The Morgan fingerprint density at radius 2 is 2.10 bits per heavy atom. The lowest BCUT2D eigenvalue weighted by Crippen LogP contribution is -2.19. The minimum Gasteiger partial charge on any atom is -0.310 e. The fourth-order valence-corrected chi connectivity index (χ4v) is 2.44. The van der Waals surface area contributed by atoms with Gasteiger partial charge in [0, 0.05) is 29.9 Å². The largest absolute Gasteiger partial charge is 0.310 e. The highest BCUT2D eigenvalue weighted by molar-refractivity contribution is 9.10. The van der Waals surface area contributed by atoms with Crippen LogP contribution >= 0.6 is 15.9 Å². The predicted molar refractivity (Wildman–Crippen MR) is 87.6 cm³/mol. The summed E-state index contributed by atoms with van der Waals surface area (Å²) in [5.41, 5.74) is 2.39. The first kappa shape index (κ1) is 14.7. The number of hydrogen-bond donors (Lipinski definition) is 1. The van der Waals surface area contributed by atoms with Crippen LogP contribution in [0.25, 0.3) is 5.82 Å². The first-order valence-electron chi connectivity index (χ1n) is 7.37. The fourth-order valence-electron chi connectivity index (χ4n) is 2.15. The summed E-state index contributed by atoms with van der Waals surface area (Å²) in [6.45, 7) is 7.47. The maximum atomic E-state index is 4.78. The summed E-state index contributed by atoms with van der Waals surface area (Å²) in [4.78, 5) is 4.78. The Morgan fingerprint density at radius 3 is 2.67 bits per heavy atom. The average Bonchev–Trinajstić information content (AvgIpc) is 3.15. The molecule has 2 aromatic heterocycles. The fraction of sp³-hybridized carbons (Fsp3) is 0.500. The van der Waals surface area contributed by atoms with Gasteiger partial charge in [-0.15, -0.1) is 0 Å². The van der Waals surface area contributed by atoms with Crippen LogP contribution in [0, 0.1) is 0 Å². The Kier molecular flexibility index (Phi) is 3.88. The Bertz CT molecular complexity index is 638. The summed E-state index contributed by atoms with van der Waals surface area (Å²) in [5, 5.41) is 7.91. The third-order valence-corrected chi connectivity index (χ3v) is 4.01. The molecule has 2 aromatic rings. The molecule has 0 unspecified atom stereocenters. The van der Waals surface area contributed by atoms with Crippen molar-refractivity contribution in [3.63, 3.8) is 0 Å². The lowest BCUT2D eigenvalue weighted by Gasteiger charge is -2.20. The summed E-state index contributed by atoms with van der Waals surface area (Å²) in [6, 6.07) is 5.03. The van der Waals surface area contributed by atoms with Gasteiger partial charge in [-0.25, -0.2) is 9.67 Å². The van der Waals surface area contributed by atoms with Crippen molar-refractivity contribution in [2.75, 3.05) is 0 Å². The van der Waals surface area contributed by atoms with Crippen molar-refractivity contribution in [2.24, 2.45) is 0 Å². The summed E-state index contributed by atoms with van der Waals surface area (Å²) in [5.74, 6) is 0.876. The van der Waals surface area contributed by atoms with Gasteiger partial charge in [0.15, 0.2) is 5.82 Å². The van der Waals surface area contributed by atoms with Gasteiger partial charge in [-0.2, -0.15) is 5.10 Å². The van der Waals surface area contributed by atoms with Crippen molar-refractivity contribution >= 4 is 15.9 Å². The van der Waals surface area contributed by atoms with E-state index in [-0.39, 0.29) is 5.41 Å². The van der Waals surface area contributed by atoms with Gasteiger partial charge in [0.2, 0.25) is 0 Å². The molecule has 1 aliphatic carbocycles. The molecule has 1 aliphatic rings. The van der Waals surface area contributed by atoms with Crippen LogP contribution in [0.3, 0.4) is 0 Å². The second-order valence-corrected chi connectivity index (χ2v) is 7.64. The minimum atomic E-state index is 0.0225. The van der Waals surface area contributed by atoms with Gasteiger partial charge < -0.3 is 5.32 Å². The predicted octanol–water partition coefficient (Wildman–Crippen LogP) is 3.58. The van der Waals surface area contributed by atoms with E-state index in [1.54, 1.807) is 6.20 Å². The van der Waals surface area contributed by atoms with Crippen LogP contribution in [0.4, 0.5) is 0 Å². The number of hydrogen-bond acceptors (Lipinski definition) is 3. The van der Waals surface area contributed by atoms with E-state index < -0.39 is 0 Å². The molecule has 4 nitrogen and oxygen atoms in total. The van der Waals surface area contributed by atoms with Gasteiger partial charge in [-0.05, 0) is 46.5 Å². The smallest absolute Gasteiger partial charge is 0.153 e. The van der Waals surface area contributed by atoms with E-state index >= 15 is 0 Å². The molecule has 0 radical (unpaired) electrons. The normalized spacial score (nSPS) is 15.4. The first-order valence-corrected chi connectivity index (χ1v) is 8.16. The van der Waals surface area contributed by atoms with E-state index in [0.29, 0.717) is 6.04 Å². The van der Waals surface area contributed by atoms with Gasteiger partial charge in [-0.1, -0.05) is 20.8 Å². The van der Waals surface area contributed by atoms with Gasteiger partial charge in [0.05, 0.1) is 10.7 Å². The molecule has 21 heavy (non-hydrogen) atoms. The Balaban J connectivity index is 1.95. The molecule has 0 aromatic carbocycles. The first-order chi connectivity index (χ1) is 9.91. The summed E-state index contributed by atoms with van der Waals surface area (Å²) in [6.07, 6.45) is 6.33. The van der Waals surface area contributed by atoms with Crippen LogP contribution in [-0.4, -0.2) is 20.8 Å². The molecule has 0 aliphatic heterocycles. The molecule has 0 bridgehead atoms. The highest BCUT2D eigenvalue weighted by Gasteiger charge is 2.21. The molecule has 1 fully saturated rings. The minimum absolute atomic E-state index is 0.0225. The number of aromatic nitrogens is 3. The Hall–Kier alpha value is -1.20. The molecule has 0 saturated heterocycles. The summed E-state index contributed by atoms with van der Waals surface area (Å²) >= 11 is 3.44. The zero-order valence-electron chi connectivity index (χ0n) is 12.7. The second kappa shape index (κ2) is 5.54. The highest BCUT2D eigenvalue weighted by atomic mass is 79.9. The second-order valence-electron chi connectivity index (χ2n) is 6.73. The third-order valence-electron chi connectivity index (χ3n) is 3.60. The van der Waals surface area contributed by atoms with Crippen LogP contribution in [0.15, 0.2) is 29.0 Å². The number of pyridine rings is 1. The standard InChI is InChI=1S/C16H21BrN4/c1-16(2,3)14-6-11(8-18-13-4-5-13)7-15(20-14)21-10-12(17)9-19-21/h6-7,9-10,13,18H,4-5,8H2,1-3H3. The van der Waals surface area contributed by atoms with Gasteiger partial charge in [-0.3, -0.25) is 0 Å². The quantitative estimate of drug-likeness (QED) is 0.918. The van der Waals surface area contributed by atoms with Crippen molar-refractivity contribution in [2.45, 2.75) is 51.6 Å². The molecule has 0 amide bonds. The van der Waals surface area contributed by atoms with E-state index in [0.717, 1.165) is 22.5 Å². The lowest BCUT2D eigenvalue weighted by atomic mass is 9.90. The molecule has 1 N–H and O–H groups in total. The molecule has 0 atom stereocenters. The average molecular weight is 349 g/mol. The zero-order valence-corrected chi connectivity index (χ0v) is 14.3.